The van der Waals surface area contributed by atoms with Crippen molar-refractivity contribution >= 4 is 11.7 Å². The Morgan fingerprint density at radius 3 is 2.50 bits per heavy atom. The van der Waals surface area contributed by atoms with Gasteiger partial charge >= 0.3 is 6.03 Å². The van der Waals surface area contributed by atoms with Gasteiger partial charge in [-0.2, -0.15) is 0 Å². The normalized spacial score (nSPS) is 16.0. The molecule has 0 atom stereocenters. The molecule has 0 spiro atoms. The van der Waals surface area contributed by atoms with Gasteiger partial charge in [0.05, 0.1) is 0 Å². The van der Waals surface area contributed by atoms with E-state index in [1.807, 2.05) is 4.90 Å². The number of amides is 2. The van der Waals surface area contributed by atoms with E-state index in [9.17, 15) is 4.79 Å². The molecular formula is C15H24N4O. The van der Waals surface area contributed by atoms with Crippen molar-refractivity contribution in [2.45, 2.75) is 25.3 Å². The van der Waals surface area contributed by atoms with Crippen molar-refractivity contribution in [1.29, 1.82) is 0 Å². The molecule has 0 aliphatic carbocycles. The number of carbonyl (C=O) groups excluding carboxylic acids is 1. The molecular weight excluding hydrogens is 252 g/mol. The zero-order chi connectivity index (χ0) is 14.4. The fourth-order valence-corrected chi connectivity index (χ4v) is 2.56. The minimum Gasteiger partial charge on any atom is -0.382 e. The molecule has 110 valence electrons. The first-order chi connectivity index (χ1) is 9.72. The number of nitrogens with one attached hydrogen (secondary N) is 2. The van der Waals surface area contributed by atoms with Crippen LogP contribution in [0.5, 0.6) is 0 Å². The van der Waals surface area contributed by atoms with Crippen LogP contribution in [-0.2, 0) is 6.42 Å². The number of benzene rings is 1. The van der Waals surface area contributed by atoms with Crippen LogP contribution in [-0.4, -0.2) is 43.7 Å². The Balaban J connectivity index is 1.81. The van der Waals surface area contributed by atoms with E-state index < -0.39 is 0 Å². The van der Waals surface area contributed by atoms with Gasteiger partial charge in [0.1, 0.15) is 0 Å². The third-order valence-electron chi connectivity index (χ3n) is 3.75. The first-order valence-electron chi connectivity index (χ1n) is 7.25. The van der Waals surface area contributed by atoms with Crippen molar-refractivity contribution in [2.75, 3.05) is 32.0 Å². The van der Waals surface area contributed by atoms with Crippen LogP contribution in [0.25, 0.3) is 0 Å². The zero-order valence-corrected chi connectivity index (χ0v) is 12.1. The average molecular weight is 276 g/mol. The standard InChI is InChI=1S/C15H24N4O/c1-17-15(20)19-10-7-14(8-11-19)18-13-4-2-12(3-5-13)6-9-16/h2-5,14,18H,6-11,16H2,1H3,(H,17,20). The number of anilines is 1. The summed E-state index contributed by atoms with van der Waals surface area (Å²) in [6.45, 7) is 2.30. The molecule has 1 aliphatic heterocycles. The summed E-state index contributed by atoms with van der Waals surface area (Å²) in [4.78, 5) is 13.4. The van der Waals surface area contributed by atoms with Gasteiger partial charge < -0.3 is 21.3 Å². The van der Waals surface area contributed by atoms with Crippen molar-refractivity contribution in [3.8, 4) is 0 Å². The second-order valence-corrected chi connectivity index (χ2v) is 5.20. The minimum atomic E-state index is 0.0228. The fraction of sp³-hybridized carbons (Fsp3) is 0.533. The predicted molar refractivity (Wildman–Crippen MR) is 81.9 cm³/mol. The molecule has 0 unspecified atom stereocenters. The molecule has 1 heterocycles. The molecule has 5 nitrogen and oxygen atoms in total. The maximum Gasteiger partial charge on any atom is 0.317 e. The van der Waals surface area contributed by atoms with E-state index in [0.29, 0.717) is 12.6 Å². The molecule has 5 heteroatoms. The van der Waals surface area contributed by atoms with Gasteiger partial charge in [-0.1, -0.05) is 12.1 Å². The molecule has 2 rings (SSSR count). The summed E-state index contributed by atoms with van der Waals surface area (Å²) in [6.07, 6.45) is 2.89. The number of urea groups is 1. The Hall–Kier alpha value is -1.75. The highest BCUT2D eigenvalue weighted by atomic mass is 16.2. The Labute approximate surface area is 120 Å². The molecule has 0 aromatic heterocycles. The van der Waals surface area contributed by atoms with Crippen molar-refractivity contribution < 1.29 is 4.79 Å². The highest BCUT2D eigenvalue weighted by molar-refractivity contribution is 5.73. The lowest BCUT2D eigenvalue weighted by Crippen LogP contribution is -2.45. The summed E-state index contributed by atoms with van der Waals surface area (Å²) in [5.41, 5.74) is 7.96. The maximum absolute atomic E-state index is 11.5. The number of nitrogens with zero attached hydrogens (tertiary/aromatic N) is 1. The number of piperidine rings is 1. The van der Waals surface area contributed by atoms with Crippen LogP contribution in [0.3, 0.4) is 0 Å². The second kappa shape index (κ2) is 7.14. The molecule has 1 saturated heterocycles. The highest BCUT2D eigenvalue weighted by Crippen LogP contribution is 2.17. The van der Waals surface area contributed by atoms with Gasteiger partial charge in [0.25, 0.3) is 0 Å². The highest BCUT2D eigenvalue weighted by Gasteiger charge is 2.21. The van der Waals surface area contributed by atoms with Crippen LogP contribution >= 0.6 is 0 Å². The van der Waals surface area contributed by atoms with Crippen LogP contribution < -0.4 is 16.4 Å². The third kappa shape index (κ3) is 3.87. The maximum atomic E-state index is 11.5. The summed E-state index contributed by atoms with van der Waals surface area (Å²) in [7, 11) is 1.68. The van der Waals surface area contributed by atoms with E-state index >= 15 is 0 Å². The van der Waals surface area contributed by atoms with Crippen molar-refractivity contribution in [3.05, 3.63) is 29.8 Å². The van der Waals surface area contributed by atoms with Crippen LogP contribution in [0.4, 0.5) is 10.5 Å². The van der Waals surface area contributed by atoms with Gasteiger partial charge in [-0.05, 0) is 43.5 Å². The summed E-state index contributed by atoms with van der Waals surface area (Å²) < 4.78 is 0. The number of nitrogens with two attached hydrogens (primary N) is 1. The minimum absolute atomic E-state index is 0.0228. The van der Waals surface area contributed by atoms with E-state index in [2.05, 4.69) is 34.9 Å². The monoisotopic (exact) mass is 276 g/mol. The molecule has 4 N–H and O–H groups in total. The van der Waals surface area contributed by atoms with Crippen molar-refractivity contribution in [3.63, 3.8) is 0 Å². The zero-order valence-electron chi connectivity index (χ0n) is 12.1. The summed E-state index contributed by atoms with van der Waals surface area (Å²) in [5, 5.41) is 6.21. The largest absolute Gasteiger partial charge is 0.382 e. The van der Waals surface area contributed by atoms with E-state index in [0.717, 1.165) is 38.0 Å². The SMILES string of the molecule is CNC(=O)N1CCC(Nc2ccc(CCN)cc2)CC1. The first kappa shape index (κ1) is 14.7. The molecule has 1 aromatic carbocycles. The van der Waals surface area contributed by atoms with E-state index in [1.165, 1.54) is 5.56 Å². The molecule has 0 radical (unpaired) electrons. The number of hydrogen-bond donors (Lipinski definition) is 3. The molecule has 1 aromatic rings. The van der Waals surface area contributed by atoms with Crippen LogP contribution in [0.15, 0.2) is 24.3 Å². The van der Waals surface area contributed by atoms with Crippen LogP contribution in [0.1, 0.15) is 18.4 Å². The Morgan fingerprint density at radius 2 is 1.95 bits per heavy atom. The molecule has 2 amide bonds. The first-order valence-corrected chi connectivity index (χ1v) is 7.25. The lowest BCUT2D eigenvalue weighted by atomic mass is 10.0. The predicted octanol–water partition coefficient (Wildman–Crippen LogP) is 1.40. The number of rotatable bonds is 4. The van der Waals surface area contributed by atoms with Gasteiger partial charge in [-0.15, -0.1) is 0 Å². The summed E-state index contributed by atoms with van der Waals surface area (Å²) in [5.74, 6) is 0. The molecule has 20 heavy (non-hydrogen) atoms. The smallest absolute Gasteiger partial charge is 0.317 e. The molecule has 1 fully saturated rings. The van der Waals surface area contributed by atoms with Gasteiger partial charge in [-0.25, -0.2) is 4.79 Å². The quantitative estimate of drug-likeness (QED) is 0.778. The van der Waals surface area contributed by atoms with E-state index in [1.54, 1.807) is 7.05 Å². The summed E-state index contributed by atoms with van der Waals surface area (Å²) >= 11 is 0. The van der Waals surface area contributed by atoms with E-state index in [4.69, 9.17) is 5.73 Å². The second-order valence-electron chi connectivity index (χ2n) is 5.20. The van der Waals surface area contributed by atoms with Crippen molar-refractivity contribution in [1.82, 2.24) is 10.2 Å². The number of carbonyl (C=O) groups is 1. The summed E-state index contributed by atoms with van der Waals surface area (Å²) in [6, 6.07) is 8.92. The Morgan fingerprint density at radius 1 is 1.30 bits per heavy atom. The fourth-order valence-electron chi connectivity index (χ4n) is 2.56. The van der Waals surface area contributed by atoms with Crippen molar-refractivity contribution in [2.24, 2.45) is 5.73 Å². The lowest BCUT2D eigenvalue weighted by molar-refractivity contribution is 0.186. The number of likely N-dealkylation sites (tertiary alicyclic amines) is 1. The third-order valence-corrected chi connectivity index (χ3v) is 3.75. The topological polar surface area (TPSA) is 70.4 Å². The molecule has 1 aliphatic rings. The molecule has 0 saturated carbocycles. The van der Waals surface area contributed by atoms with Gasteiger partial charge in [0, 0.05) is 31.9 Å². The van der Waals surface area contributed by atoms with Gasteiger partial charge in [0.15, 0.2) is 0 Å². The molecule has 0 bridgehead atoms. The van der Waals surface area contributed by atoms with Crippen LogP contribution in [0, 0.1) is 0 Å². The number of hydrogen-bond acceptors (Lipinski definition) is 3. The van der Waals surface area contributed by atoms with Gasteiger partial charge in [-0.3, -0.25) is 0 Å². The van der Waals surface area contributed by atoms with Gasteiger partial charge in [0.2, 0.25) is 0 Å². The Bertz CT molecular complexity index is 424. The Kier molecular flexibility index (Phi) is 5.24. The van der Waals surface area contributed by atoms with Crippen LogP contribution in [0.2, 0.25) is 0 Å². The average Bonchev–Trinajstić information content (AvgIpc) is 2.49. The lowest BCUT2D eigenvalue weighted by Gasteiger charge is -2.32. The van der Waals surface area contributed by atoms with E-state index in [-0.39, 0.29) is 6.03 Å².